The van der Waals surface area contributed by atoms with Gasteiger partial charge in [0.25, 0.3) is 5.56 Å². The Bertz CT molecular complexity index is 1230. The minimum Gasteiger partial charge on any atom is -0.495 e. The molecule has 158 valence electrons. The van der Waals surface area contributed by atoms with Crippen LogP contribution in [0.15, 0.2) is 39.9 Å². The van der Waals surface area contributed by atoms with E-state index in [0.717, 1.165) is 11.0 Å². The highest BCUT2D eigenvalue weighted by atomic mass is 16.5. The maximum absolute atomic E-state index is 13.4. The van der Waals surface area contributed by atoms with E-state index in [2.05, 4.69) is 10.3 Å². The van der Waals surface area contributed by atoms with Crippen LogP contribution >= 0.6 is 0 Å². The van der Waals surface area contributed by atoms with Crippen LogP contribution in [0, 0.1) is 13.8 Å². The van der Waals surface area contributed by atoms with Crippen LogP contribution in [-0.2, 0) is 11.3 Å². The average molecular weight is 410 g/mol. The van der Waals surface area contributed by atoms with Crippen LogP contribution in [-0.4, -0.2) is 33.2 Å². The van der Waals surface area contributed by atoms with Crippen molar-refractivity contribution < 1.29 is 9.53 Å². The molecule has 0 aliphatic heterocycles. The van der Waals surface area contributed by atoms with E-state index >= 15 is 0 Å². The molecular weight excluding hydrogens is 384 g/mol. The maximum Gasteiger partial charge on any atom is 0.337 e. The number of aryl methyl sites for hydroxylation is 2. The van der Waals surface area contributed by atoms with Gasteiger partial charge in [0.2, 0.25) is 5.91 Å². The van der Waals surface area contributed by atoms with Gasteiger partial charge in [-0.15, -0.1) is 0 Å². The molecule has 0 radical (unpaired) electrons. The van der Waals surface area contributed by atoms with Gasteiger partial charge in [-0.05, 0) is 51.0 Å². The standard InChI is InChI=1S/C22H26N4O4/c1-6-14(3)23-18(27)12-25-21(28)19-13(2)11-15(4)24-20(19)26(22(25)29)16-9-7-8-10-17(16)30-5/h7-11,14H,6,12H2,1-5H3,(H,23,27)/t14-/m1/s1. The zero-order valence-electron chi connectivity index (χ0n) is 17.9. The monoisotopic (exact) mass is 410 g/mol. The van der Waals surface area contributed by atoms with E-state index in [4.69, 9.17) is 4.74 Å². The highest BCUT2D eigenvalue weighted by molar-refractivity contribution is 5.81. The lowest BCUT2D eigenvalue weighted by molar-refractivity contribution is -0.122. The predicted octanol–water partition coefficient (Wildman–Crippen LogP) is 2.09. The largest absolute Gasteiger partial charge is 0.495 e. The Labute approximate surface area is 174 Å². The van der Waals surface area contributed by atoms with Crippen molar-refractivity contribution in [3.63, 3.8) is 0 Å². The summed E-state index contributed by atoms with van der Waals surface area (Å²) in [5.41, 5.74) is 0.866. The second-order valence-electron chi connectivity index (χ2n) is 7.34. The molecule has 1 atom stereocenters. The Morgan fingerprint density at radius 2 is 1.93 bits per heavy atom. The molecule has 0 bridgehead atoms. The topological polar surface area (TPSA) is 95.2 Å². The molecule has 0 aliphatic carbocycles. The van der Waals surface area contributed by atoms with Crippen LogP contribution < -0.4 is 21.3 Å². The normalized spacial score (nSPS) is 12.0. The van der Waals surface area contributed by atoms with Crippen LogP contribution in [0.2, 0.25) is 0 Å². The number of methoxy groups -OCH3 is 1. The molecule has 3 aromatic rings. The van der Waals surface area contributed by atoms with Crippen molar-refractivity contribution in [3.8, 4) is 11.4 Å². The molecule has 0 saturated heterocycles. The molecule has 1 amide bonds. The summed E-state index contributed by atoms with van der Waals surface area (Å²) in [5.74, 6) is 0.0586. The van der Waals surface area contributed by atoms with Gasteiger partial charge in [0.15, 0.2) is 5.65 Å². The molecule has 8 heteroatoms. The molecule has 3 rings (SSSR count). The van der Waals surface area contributed by atoms with Gasteiger partial charge in [0, 0.05) is 11.7 Å². The van der Waals surface area contributed by atoms with Gasteiger partial charge < -0.3 is 10.1 Å². The number of carbonyl (C=O) groups excluding carboxylic acids is 1. The molecule has 0 unspecified atom stereocenters. The number of amides is 1. The summed E-state index contributed by atoms with van der Waals surface area (Å²) in [5, 5.41) is 3.09. The number of benzene rings is 1. The zero-order chi connectivity index (χ0) is 22.0. The number of ether oxygens (including phenoxy) is 1. The van der Waals surface area contributed by atoms with E-state index in [0.29, 0.717) is 28.1 Å². The van der Waals surface area contributed by atoms with Crippen LogP contribution in [0.1, 0.15) is 31.5 Å². The summed E-state index contributed by atoms with van der Waals surface area (Å²) < 4.78 is 7.72. The molecule has 8 nitrogen and oxygen atoms in total. The third-order valence-corrected chi connectivity index (χ3v) is 5.07. The molecule has 0 aliphatic rings. The third kappa shape index (κ3) is 3.85. The first-order valence-electron chi connectivity index (χ1n) is 9.85. The number of para-hydroxylation sites is 2. The Morgan fingerprint density at radius 3 is 2.60 bits per heavy atom. The molecule has 0 saturated carbocycles. The Hall–Kier alpha value is -3.42. The molecule has 0 fully saturated rings. The molecule has 2 heterocycles. The lowest BCUT2D eigenvalue weighted by Crippen LogP contribution is -2.45. The third-order valence-electron chi connectivity index (χ3n) is 5.07. The van der Waals surface area contributed by atoms with Gasteiger partial charge in [-0.2, -0.15) is 0 Å². The van der Waals surface area contributed by atoms with Crippen molar-refractivity contribution in [1.82, 2.24) is 19.4 Å². The van der Waals surface area contributed by atoms with Gasteiger partial charge in [-0.1, -0.05) is 19.1 Å². The number of hydrogen-bond acceptors (Lipinski definition) is 5. The van der Waals surface area contributed by atoms with Gasteiger partial charge in [0.05, 0.1) is 18.2 Å². The summed E-state index contributed by atoms with van der Waals surface area (Å²) in [7, 11) is 1.51. The van der Waals surface area contributed by atoms with E-state index in [9.17, 15) is 14.4 Å². The van der Waals surface area contributed by atoms with Gasteiger partial charge in [-0.3, -0.25) is 9.59 Å². The van der Waals surface area contributed by atoms with Gasteiger partial charge in [0.1, 0.15) is 12.3 Å². The van der Waals surface area contributed by atoms with Gasteiger partial charge >= 0.3 is 5.69 Å². The SMILES string of the molecule is CC[C@@H](C)NC(=O)Cn1c(=O)c2c(C)cc(C)nc2n(-c2ccccc2OC)c1=O. The Balaban J connectivity index is 2.36. The van der Waals surface area contributed by atoms with Crippen LogP contribution in [0.4, 0.5) is 0 Å². The number of aromatic nitrogens is 3. The van der Waals surface area contributed by atoms with Crippen molar-refractivity contribution in [2.75, 3.05) is 7.11 Å². The van der Waals surface area contributed by atoms with E-state index in [1.807, 2.05) is 13.8 Å². The summed E-state index contributed by atoms with van der Waals surface area (Å²) in [6, 6.07) is 8.72. The molecule has 1 aromatic carbocycles. The van der Waals surface area contributed by atoms with Crippen molar-refractivity contribution >= 4 is 16.9 Å². The molecule has 1 N–H and O–H groups in total. The lowest BCUT2D eigenvalue weighted by Gasteiger charge is -2.17. The number of rotatable bonds is 6. The number of fused-ring (bicyclic) bond motifs is 1. The van der Waals surface area contributed by atoms with E-state index < -0.39 is 17.2 Å². The average Bonchev–Trinajstić information content (AvgIpc) is 2.70. The first kappa shape index (κ1) is 21.3. The Kier molecular flexibility index (Phi) is 6.05. The number of pyridine rings is 1. The van der Waals surface area contributed by atoms with Crippen molar-refractivity contribution in [3.05, 3.63) is 62.4 Å². The summed E-state index contributed by atoms with van der Waals surface area (Å²) >= 11 is 0. The summed E-state index contributed by atoms with van der Waals surface area (Å²) in [6.07, 6.45) is 0.742. The number of nitrogens with one attached hydrogen (secondary N) is 1. The smallest absolute Gasteiger partial charge is 0.337 e. The second kappa shape index (κ2) is 8.52. The second-order valence-corrected chi connectivity index (χ2v) is 7.34. The van der Waals surface area contributed by atoms with E-state index in [1.54, 1.807) is 44.2 Å². The number of carbonyl (C=O) groups is 1. The minimum atomic E-state index is -0.645. The van der Waals surface area contributed by atoms with Crippen LogP contribution in [0.25, 0.3) is 16.7 Å². The fraction of sp³-hybridized carbons (Fsp3) is 0.364. The Morgan fingerprint density at radius 1 is 1.23 bits per heavy atom. The predicted molar refractivity (Wildman–Crippen MR) is 116 cm³/mol. The van der Waals surface area contributed by atoms with Crippen molar-refractivity contribution in [1.29, 1.82) is 0 Å². The zero-order valence-corrected chi connectivity index (χ0v) is 17.9. The van der Waals surface area contributed by atoms with E-state index in [-0.39, 0.29) is 18.2 Å². The van der Waals surface area contributed by atoms with Crippen molar-refractivity contribution in [2.45, 2.75) is 46.7 Å². The molecular formula is C22H26N4O4. The minimum absolute atomic E-state index is 0.0591. The van der Waals surface area contributed by atoms with Crippen LogP contribution in [0.3, 0.4) is 0 Å². The quantitative estimate of drug-likeness (QED) is 0.671. The van der Waals surface area contributed by atoms with Crippen LogP contribution in [0.5, 0.6) is 5.75 Å². The molecule has 30 heavy (non-hydrogen) atoms. The summed E-state index contributed by atoms with van der Waals surface area (Å²) in [6.45, 7) is 7.03. The highest BCUT2D eigenvalue weighted by Gasteiger charge is 2.21. The summed E-state index contributed by atoms with van der Waals surface area (Å²) in [4.78, 5) is 43.6. The first-order valence-corrected chi connectivity index (χ1v) is 9.85. The molecule has 0 spiro atoms. The first-order chi connectivity index (χ1) is 14.3. The maximum atomic E-state index is 13.4. The number of nitrogens with zero attached hydrogens (tertiary/aromatic N) is 3. The van der Waals surface area contributed by atoms with Crippen molar-refractivity contribution in [2.24, 2.45) is 0 Å². The van der Waals surface area contributed by atoms with E-state index in [1.165, 1.54) is 11.7 Å². The lowest BCUT2D eigenvalue weighted by atomic mass is 10.1. The highest BCUT2D eigenvalue weighted by Crippen LogP contribution is 2.24. The fourth-order valence-corrected chi connectivity index (χ4v) is 3.41. The number of hydrogen-bond donors (Lipinski definition) is 1. The molecule has 2 aromatic heterocycles. The van der Waals surface area contributed by atoms with Gasteiger partial charge in [-0.25, -0.2) is 18.9 Å². The fourth-order valence-electron chi connectivity index (χ4n) is 3.41.